The van der Waals surface area contributed by atoms with Crippen LogP contribution in [0, 0.1) is 5.92 Å². The second kappa shape index (κ2) is 7.16. The molecule has 2 rings (SSSR count). The zero-order valence-corrected chi connectivity index (χ0v) is 13.1. The van der Waals surface area contributed by atoms with Crippen molar-refractivity contribution in [3.05, 3.63) is 0 Å². The Kier molecular flexibility index (Phi) is 5.84. The smallest absolute Gasteiger partial charge is 0.0175 e. The Morgan fingerprint density at radius 1 is 1.22 bits per heavy atom. The maximum absolute atomic E-state index is 3.66. The van der Waals surface area contributed by atoms with Gasteiger partial charge in [-0.1, -0.05) is 20.3 Å². The number of nitrogens with zero attached hydrogens (tertiary/aromatic N) is 1. The van der Waals surface area contributed by atoms with Crippen LogP contribution in [0.2, 0.25) is 0 Å². The van der Waals surface area contributed by atoms with Crippen molar-refractivity contribution in [1.29, 1.82) is 0 Å². The molecule has 0 saturated carbocycles. The lowest BCUT2D eigenvalue weighted by Crippen LogP contribution is -2.54. The fourth-order valence-corrected chi connectivity index (χ4v) is 4.80. The maximum Gasteiger partial charge on any atom is 0.0175 e. The molecule has 2 heterocycles. The normalized spacial score (nSPS) is 38.8. The molecule has 4 unspecified atom stereocenters. The van der Waals surface area contributed by atoms with Crippen molar-refractivity contribution in [3.8, 4) is 0 Å². The zero-order valence-electron chi connectivity index (χ0n) is 12.3. The molecule has 0 aromatic carbocycles. The molecule has 2 aliphatic rings. The van der Waals surface area contributed by atoms with Gasteiger partial charge in [0.1, 0.15) is 0 Å². The summed E-state index contributed by atoms with van der Waals surface area (Å²) in [5.41, 5.74) is 0. The molecule has 106 valence electrons. The summed E-state index contributed by atoms with van der Waals surface area (Å²) in [6, 6.07) is 1.48. The van der Waals surface area contributed by atoms with Crippen LogP contribution in [0.4, 0.5) is 0 Å². The van der Waals surface area contributed by atoms with Crippen molar-refractivity contribution in [1.82, 2.24) is 10.2 Å². The van der Waals surface area contributed by atoms with Crippen molar-refractivity contribution in [3.63, 3.8) is 0 Å². The van der Waals surface area contributed by atoms with Gasteiger partial charge in [-0.3, -0.25) is 4.90 Å². The van der Waals surface area contributed by atoms with Gasteiger partial charge in [-0.2, -0.15) is 11.8 Å². The first kappa shape index (κ1) is 14.7. The third-order valence-electron chi connectivity index (χ3n) is 4.88. The van der Waals surface area contributed by atoms with E-state index < -0.39 is 0 Å². The van der Waals surface area contributed by atoms with Crippen molar-refractivity contribution < 1.29 is 0 Å². The van der Waals surface area contributed by atoms with Gasteiger partial charge in [0.2, 0.25) is 0 Å². The molecule has 3 heteroatoms. The number of hydrogen-bond acceptors (Lipinski definition) is 3. The van der Waals surface area contributed by atoms with Crippen LogP contribution in [0.15, 0.2) is 0 Å². The minimum atomic E-state index is 0.736. The minimum absolute atomic E-state index is 0.736. The van der Waals surface area contributed by atoms with Crippen molar-refractivity contribution in [2.75, 3.05) is 25.4 Å². The van der Waals surface area contributed by atoms with Gasteiger partial charge in [0.05, 0.1) is 0 Å². The van der Waals surface area contributed by atoms with Crippen LogP contribution in [0.5, 0.6) is 0 Å². The van der Waals surface area contributed by atoms with E-state index in [-0.39, 0.29) is 0 Å². The molecular weight excluding hydrogens is 240 g/mol. The van der Waals surface area contributed by atoms with Crippen molar-refractivity contribution in [2.24, 2.45) is 5.92 Å². The van der Waals surface area contributed by atoms with Crippen molar-refractivity contribution in [2.45, 2.75) is 63.8 Å². The Balaban J connectivity index is 1.83. The molecule has 2 fully saturated rings. The van der Waals surface area contributed by atoms with Crippen LogP contribution in [-0.2, 0) is 0 Å². The quantitative estimate of drug-likeness (QED) is 0.845. The van der Waals surface area contributed by atoms with E-state index in [0.29, 0.717) is 0 Å². The maximum atomic E-state index is 3.66. The van der Waals surface area contributed by atoms with E-state index in [2.05, 4.69) is 42.7 Å². The van der Waals surface area contributed by atoms with Gasteiger partial charge in [0.15, 0.2) is 0 Å². The fourth-order valence-electron chi connectivity index (χ4n) is 3.46. The fraction of sp³-hybridized carbons (Fsp3) is 1.00. The van der Waals surface area contributed by atoms with Crippen LogP contribution >= 0.6 is 11.8 Å². The highest BCUT2D eigenvalue weighted by atomic mass is 32.2. The third-order valence-corrected chi connectivity index (χ3v) is 6.26. The van der Waals surface area contributed by atoms with E-state index in [1.807, 2.05) is 0 Å². The Labute approximate surface area is 117 Å². The minimum Gasteiger partial charge on any atom is -0.314 e. The second-order valence-electron chi connectivity index (χ2n) is 6.04. The summed E-state index contributed by atoms with van der Waals surface area (Å²) in [5, 5.41) is 4.56. The summed E-state index contributed by atoms with van der Waals surface area (Å²) in [6.45, 7) is 10.8. The van der Waals surface area contributed by atoms with Crippen LogP contribution in [0.3, 0.4) is 0 Å². The monoisotopic (exact) mass is 270 g/mol. The van der Waals surface area contributed by atoms with Crippen molar-refractivity contribution >= 4 is 11.8 Å². The summed E-state index contributed by atoms with van der Waals surface area (Å²) < 4.78 is 0. The van der Waals surface area contributed by atoms with Gasteiger partial charge >= 0.3 is 0 Å². The number of hydrogen-bond donors (Lipinski definition) is 1. The molecule has 2 saturated heterocycles. The van der Waals surface area contributed by atoms with E-state index in [1.165, 1.54) is 44.5 Å². The van der Waals surface area contributed by atoms with E-state index >= 15 is 0 Å². The topological polar surface area (TPSA) is 15.3 Å². The Morgan fingerprint density at radius 2 is 2.06 bits per heavy atom. The van der Waals surface area contributed by atoms with Gasteiger partial charge in [-0.15, -0.1) is 0 Å². The summed E-state index contributed by atoms with van der Waals surface area (Å²) in [4.78, 5) is 2.75. The first-order valence-electron chi connectivity index (χ1n) is 7.81. The Morgan fingerprint density at radius 3 is 2.72 bits per heavy atom. The molecule has 4 atom stereocenters. The molecule has 0 aliphatic carbocycles. The number of piperidine rings is 1. The molecule has 2 aliphatic heterocycles. The molecule has 0 amide bonds. The highest BCUT2D eigenvalue weighted by Gasteiger charge is 2.33. The molecule has 1 N–H and O–H groups in total. The lowest BCUT2D eigenvalue weighted by molar-refractivity contribution is 0.0851. The first-order chi connectivity index (χ1) is 8.72. The van der Waals surface area contributed by atoms with Gasteiger partial charge in [0.25, 0.3) is 0 Å². The molecule has 18 heavy (non-hydrogen) atoms. The predicted molar refractivity (Wildman–Crippen MR) is 82.4 cm³/mol. The van der Waals surface area contributed by atoms with E-state index in [4.69, 9.17) is 0 Å². The average molecular weight is 270 g/mol. The van der Waals surface area contributed by atoms with Gasteiger partial charge in [-0.25, -0.2) is 0 Å². The van der Waals surface area contributed by atoms with Gasteiger partial charge < -0.3 is 5.32 Å². The summed E-state index contributed by atoms with van der Waals surface area (Å²) >= 11 is 2.21. The van der Waals surface area contributed by atoms with E-state index in [0.717, 1.165) is 29.8 Å². The number of thioether (sulfide) groups is 1. The molecule has 0 radical (unpaired) electrons. The Hall–Kier alpha value is 0.270. The van der Waals surface area contributed by atoms with E-state index in [1.54, 1.807) is 0 Å². The summed E-state index contributed by atoms with van der Waals surface area (Å²) in [6.07, 6.45) is 5.67. The predicted octanol–water partition coefficient (Wildman–Crippen LogP) is 2.98. The molecule has 2 nitrogen and oxygen atoms in total. The lowest BCUT2D eigenvalue weighted by atomic mass is 9.86. The SMILES string of the molecule is CCNC1CCN(CC2CCCCS2)C(C)C1C. The second-order valence-corrected chi connectivity index (χ2v) is 7.44. The highest BCUT2D eigenvalue weighted by molar-refractivity contribution is 7.99. The lowest BCUT2D eigenvalue weighted by Gasteiger charge is -2.44. The van der Waals surface area contributed by atoms with Gasteiger partial charge in [-0.05, 0) is 50.9 Å². The van der Waals surface area contributed by atoms with Gasteiger partial charge in [0, 0.05) is 23.9 Å². The first-order valence-corrected chi connectivity index (χ1v) is 8.86. The molecule has 0 bridgehead atoms. The average Bonchev–Trinajstić information content (AvgIpc) is 2.40. The summed E-state index contributed by atoms with van der Waals surface area (Å²) in [7, 11) is 0. The number of rotatable bonds is 4. The standard InChI is InChI=1S/C15H30N2S/c1-4-16-15-8-9-17(13(3)12(15)2)11-14-7-5-6-10-18-14/h12-16H,4-11H2,1-3H3. The third kappa shape index (κ3) is 3.64. The van der Waals surface area contributed by atoms with Crippen LogP contribution < -0.4 is 5.32 Å². The number of nitrogens with one attached hydrogen (secondary N) is 1. The van der Waals surface area contributed by atoms with Crippen LogP contribution in [0.1, 0.15) is 46.5 Å². The summed E-state index contributed by atoms with van der Waals surface area (Å²) in [5.74, 6) is 2.18. The molecule has 0 spiro atoms. The molecule has 0 aromatic heterocycles. The van der Waals surface area contributed by atoms with Crippen LogP contribution in [-0.4, -0.2) is 47.6 Å². The molecule has 0 aromatic rings. The highest BCUT2D eigenvalue weighted by Crippen LogP contribution is 2.29. The van der Waals surface area contributed by atoms with Crippen LogP contribution in [0.25, 0.3) is 0 Å². The Bertz CT molecular complexity index is 241. The zero-order chi connectivity index (χ0) is 13.0. The van der Waals surface area contributed by atoms with E-state index in [9.17, 15) is 0 Å². The molecular formula is C15H30N2S. The largest absolute Gasteiger partial charge is 0.314 e. The number of likely N-dealkylation sites (tertiary alicyclic amines) is 1.